The van der Waals surface area contributed by atoms with Gasteiger partial charge in [0.25, 0.3) is 0 Å². The van der Waals surface area contributed by atoms with Crippen molar-refractivity contribution in [3.8, 4) is 5.75 Å². The molecule has 3 N–H and O–H groups in total. The van der Waals surface area contributed by atoms with Crippen LogP contribution in [-0.4, -0.2) is 40.7 Å². The topological polar surface area (TPSA) is 84.8 Å². The fourth-order valence-corrected chi connectivity index (χ4v) is 2.86. The molecule has 2 aromatic rings. The zero-order valence-electron chi connectivity index (χ0n) is 13.7. The van der Waals surface area contributed by atoms with Crippen LogP contribution in [0.25, 0.3) is 0 Å². The highest BCUT2D eigenvalue weighted by Crippen LogP contribution is 2.28. The molecular weight excluding hydrogens is 313 g/mol. The maximum Gasteiger partial charge on any atom is 0.181 e. The van der Waals surface area contributed by atoms with Crippen LogP contribution in [0, 0.1) is 12.7 Å². The monoisotopic (exact) mass is 335 g/mol. The molecule has 0 saturated carbocycles. The van der Waals surface area contributed by atoms with Gasteiger partial charge in [0.05, 0.1) is 11.8 Å². The summed E-state index contributed by atoms with van der Waals surface area (Å²) in [5.41, 5.74) is 8.18. The van der Waals surface area contributed by atoms with Crippen LogP contribution in [0.3, 0.4) is 0 Å². The molecule has 130 valence electrons. The van der Waals surface area contributed by atoms with E-state index >= 15 is 0 Å². The zero-order chi connectivity index (χ0) is 17.1. The van der Waals surface area contributed by atoms with Gasteiger partial charge in [-0.2, -0.15) is 0 Å². The van der Waals surface area contributed by atoms with Crippen molar-refractivity contribution in [1.29, 1.82) is 0 Å². The number of rotatable bonds is 6. The summed E-state index contributed by atoms with van der Waals surface area (Å²) >= 11 is 0. The lowest BCUT2D eigenvalue weighted by Gasteiger charge is -2.30. The molecule has 1 aliphatic rings. The summed E-state index contributed by atoms with van der Waals surface area (Å²) in [4.78, 5) is 6.07. The highest BCUT2D eigenvalue weighted by atomic mass is 19.1. The van der Waals surface area contributed by atoms with Crippen LogP contribution in [0.15, 0.2) is 22.9 Å². The molecule has 0 radical (unpaired) electrons. The van der Waals surface area contributed by atoms with E-state index in [0.717, 1.165) is 29.8 Å². The van der Waals surface area contributed by atoms with E-state index in [1.165, 1.54) is 12.5 Å². The van der Waals surface area contributed by atoms with E-state index < -0.39 is 11.9 Å². The Hall–Kier alpha value is -1.96. The standard InChI is InChI=1S/C17H22FN3O3/c1-11-17(24-10-20-11)9-23-16-5-12-2-3-21(8-14(22)6-19)7-13(12)4-15(16)18/h4-5,10,14,22H,2-3,6-9,19H2,1H3/t14-/m0/s1. The first-order valence-corrected chi connectivity index (χ1v) is 8.00. The van der Waals surface area contributed by atoms with Gasteiger partial charge in [-0.15, -0.1) is 0 Å². The minimum atomic E-state index is -0.552. The predicted octanol–water partition coefficient (Wildman–Crippen LogP) is 1.38. The van der Waals surface area contributed by atoms with Crippen molar-refractivity contribution in [2.75, 3.05) is 19.6 Å². The second kappa shape index (κ2) is 7.29. The first kappa shape index (κ1) is 16.9. The van der Waals surface area contributed by atoms with Crippen LogP contribution in [0.2, 0.25) is 0 Å². The van der Waals surface area contributed by atoms with E-state index in [2.05, 4.69) is 9.88 Å². The molecule has 1 aliphatic heterocycles. The normalized spacial score (nSPS) is 16.0. The van der Waals surface area contributed by atoms with Crippen LogP contribution in [0.5, 0.6) is 5.75 Å². The maximum atomic E-state index is 14.3. The Kier molecular flexibility index (Phi) is 5.13. The molecule has 7 heteroatoms. The Labute approximate surface area is 140 Å². The molecule has 1 aromatic carbocycles. The van der Waals surface area contributed by atoms with E-state index in [9.17, 15) is 9.50 Å². The van der Waals surface area contributed by atoms with Crippen molar-refractivity contribution in [1.82, 2.24) is 9.88 Å². The summed E-state index contributed by atoms with van der Waals surface area (Å²) in [5.74, 6) is 0.418. The number of nitrogens with zero attached hydrogens (tertiary/aromatic N) is 2. The highest BCUT2D eigenvalue weighted by molar-refractivity contribution is 5.38. The van der Waals surface area contributed by atoms with Crippen molar-refractivity contribution < 1.29 is 18.7 Å². The third-order valence-electron chi connectivity index (χ3n) is 4.29. The zero-order valence-corrected chi connectivity index (χ0v) is 13.7. The maximum absolute atomic E-state index is 14.3. The number of hydrogen-bond acceptors (Lipinski definition) is 6. The van der Waals surface area contributed by atoms with Crippen molar-refractivity contribution >= 4 is 0 Å². The third kappa shape index (κ3) is 3.75. The fourth-order valence-electron chi connectivity index (χ4n) is 2.86. The van der Waals surface area contributed by atoms with Crippen molar-refractivity contribution in [3.05, 3.63) is 46.9 Å². The number of aliphatic hydroxyl groups excluding tert-OH is 1. The average molecular weight is 335 g/mol. The van der Waals surface area contributed by atoms with E-state index in [-0.39, 0.29) is 18.9 Å². The number of oxazole rings is 1. The van der Waals surface area contributed by atoms with Gasteiger partial charge in [-0.1, -0.05) is 0 Å². The largest absolute Gasteiger partial charge is 0.482 e. The molecule has 1 atom stereocenters. The van der Waals surface area contributed by atoms with Gasteiger partial charge >= 0.3 is 0 Å². The molecule has 1 aromatic heterocycles. The molecule has 2 heterocycles. The number of aryl methyl sites for hydroxylation is 1. The molecule has 0 aliphatic carbocycles. The van der Waals surface area contributed by atoms with Gasteiger partial charge < -0.3 is 20.0 Å². The number of hydrogen-bond donors (Lipinski definition) is 2. The van der Waals surface area contributed by atoms with E-state index in [4.69, 9.17) is 14.9 Å². The minimum Gasteiger partial charge on any atom is -0.482 e. The Morgan fingerprint density at radius 3 is 3.00 bits per heavy atom. The smallest absolute Gasteiger partial charge is 0.181 e. The number of aromatic nitrogens is 1. The van der Waals surface area contributed by atoms with Crippen LogP contribution >= 0.6 is 0 Å². The highest BCUT2D eigenvalue weighted by Gasteiger charge is 2.21. The van der Waals surface area contributed by atoms with Gasteiger partial charge in [0.15, 0.2) is 23.7 Å². The van der Waals surface area contributed by atoms with Crippen LogP contribution in [0.4, 0.5) is 4.39 Å². The van der Waals surface area contributed by atoms with Crippen molar-refractivity contribution in [2.24, 2.45) is 5.73 Å². The lowest BCUT2D eigenvalue weighted by Crippen LogP contribution is -2.39. The number of ether oxygens (including phenoxy) is 1. The number of nitrogens with two attached hydrogens (primary N) is 1. The summed E-state index contributed by atoms with van der Waals surface area (Å²) < 4.78 is 25.1. The Balaban J connectivity index is 1.68. The molecule has 0 bridgehead atoms. The van der Waals surface area contributed by atoms with Gasteiger partial charge in [0, 0.05) is 26.2 Å². The Bertz CT molecular complexity index is 704. The van der Waals surface area contributed by atoms with Crippen LogP contribution < -0.4 is 10.5 Å². The summed E-state index contributed by atoms with van der Waals surface area (Å²) in [7, 11) is 0. The van der Waals surface area contributed by atoms with Crippen molar-refractivity contribution in [2.45, 2.75) is 32.6 Å². The Morgan fingerprint density at radius 2 is 2.29 bits per heavy atom. The molecule has 0 amide bonds. The third-order valence-corrected chi connectivity index (χ3v) is 4.29. The first-order chi connectivity index (χ1) is 11.6. The number of fused-ring (bicyclic) bond motifs is 1. The number of halogens is 1. The van der Waals surface area contributed by atoms with E-state index in [0.29, 0.717) is 18.8 Å². The number of β-amino-alcohol motifs (C(OH)–C–C–N with tert-alkyl or cyclic N) is 1. The molecule has 6 nitrogen and oxygen atoms in total. The van der Waals surface area contributed by atoms with Gasteiger partial charge in [-0.25, -0.2) is 9.37 Å². The molecule has 0 fully saturated rings. The molecule has 0 spiro atoms. The summed E-state index contributed by atoms with van der Waals surface area (Å²) in [6.45, 7) is 4.10. The SMILES string of the molecule is Cc1ncoc1COc1cc2c(cc1F)CN(C[C@@H](O)CN)CC2. The summed E-state index contributed by atoms with van der Waals surface area (Å²) in [6, 6.07) is 3.27. The fraction of sp³-hybridized carbons (Fsp3) is 0.471. The molecule has 0 unspecified atom stereocenters. The van der Waals surface area contributed by atoms with Gasteiger partial charge in [0.1, 0.15) is 6.61 Å². The first-order valence-electron chi connectivity index (χ1n) is 8.00. The number of benzene rings is 1. The Morgan fingerprint density at radius 1 is 1.46 bits per heavy atom. The predicted molar refractivity (Wildman–Crippen MR) is 86.0 cm³/mol. The lowest BCUT2D eigenvalue weighted by molar-refractivity contribution is 0.111. The van der Waals surface area contributed by atoms with Crippen LogP contribution in [0.1, 0.15) is 22.6 Å². The van der Waals surface area contributed by atoms with Gasteiger partial charge in [-0.05, 0) is 36.6 Å². The molecule has 0 saturated heterocycles. The summed E-state index contributed by atoms with van der Waals surface area (Å²) in [6.07, 6.45) is 1.58. The van der Waals surface area contributed by atoms with Gasteiger partial charge in [0.2, 0.25) is 0 Å². The molecule has 3 rings (SSSR count). The quantitative estimate of drug-likeness (QED) is 0.830. The van der Waals surface area contributed by atoms with Crippen LogP contribution in [-0.2, 0) is 19.6 Å². The van der Waals surface area contributed by atoms with E-state index in [1.807, 2.05) is 6.92 Å². The molecule has 24 heavy (non-hydrogen) atoms. The molecular formula is C17H22FN3O3. The second-order valence-electron chi connectivity index (χ2n) is 6.08. The second-order valence-corrected chi connectivity index (χ2v) is 6.08. The van der Waals surface area contributed by atoms with E-state index in [1.54, 1.807) is 6.07 Å². The lowest BCUT2D eigenvalue weighted by atomic mass is 9.99. The minimum absolute atomic E-state index is 0.149. The average Bonchev–Trinajstić information content (AvgIpc) is 2.98. The van der Waals surface area contributed by atoms with Gasteiger partial charge in [-0.3, -0.25) is 4.90 Å². The summed E-state index contributed by atoms with van der Waals surface area (Å²) in [5, 5.41) is 9.66. The van der Waals surface area contributed by atoms with Crippen molar-refractivity contribution in [3.63, 3.8) is 0 Å². The number of aliphatic hydroxyl groups is 1.